The van der Waals surface area contributed by atoms with Gasteiger partial charge in [0.1, 0.15) is 5.82 Å². The third-order valence-corrected chi connectivity index (χ3v) is 1.97. The van der Waals surface area contributed by atoms with E-state index in [0.717, 1.165) is 6.07 Å². The zero-order valence-electron chi connectivity index (χ0n) is 6.83. The molecule has 1 aromatic carbocycles. The van der Waals surface area contributed by atoms with E-state index in [9.17, 15) is 13.2 Å². The molecule has 1 aromatic rings. The van der Waals surface area contributed by atoms with Crippen molar-refractivity contribution in [3.05, 3.63) is 29.6 Å². The Labute approximate surface area is 94.8 Å². The van der Waals surface area contributed by atoms with Crippen molar-refractivity contribution in [1.29, 1.82) is 0 Å². The summed E-state index contributed by atoms with van der Waals surface area (Å²) in [5, 5.41) is 0. The second kappa shape index (κ2) is 5.09. The van der Waals surface area contributed by atoms with Crippen molar-refractivity contribution in [2.45, 2.75) is 11.8 Å². The summed E-state index contributed by atoms with van der Waals surface area (Å²) in [5.74, 6) is -0.494. The Morgan fingerprint density at radius 1 is 1.50 bits per heavy atom. The molecule has 5 heteroatoms. The first-order valence-electron chi connectivity index (χ1n) is 2.96. The SMILES string of the molecule is Cc1ccc(S(=O)[O-])cc1F.[Na+]. The van der Waals surface area contributed by atoms with Crippen LogP contribution < -0.4 is 29.6 Å². The van der Waals surface area contributed by atoms with Crippen LogP contribution in [0.25, 0.3) is 0 Å². The minimum absolute atomic E-state index is 0. The van der Waals surface area contributed by atoms with E-state index in [4.69, 9.17) is 0 Å². The third kappa shape index (κ3) is 2.95. The molecule has 0 aliphatic heterocycles. The fourth-order valence-corrected chi connectivity index (χ4v) is 1.06. The van der Waals surface area contributed by atoms with Crippen LogP contribution in [0, 0.1) is 12.7 Å². The first-order valence-corrected chi connectivity index (χ1v) is 4.04. The summed E-state index contributed by atoms with van der Waals surface area (Å²) in [6, 6.07) is 3.79. The van der Waals surface area contributed by atoms with E-state index in [-0.39, 0.29) is 34.5 Å². The van der Waals surface area contributed by atoms with Gasteiger partial charge in [-0.1, -0.05) is 6.07 Å². The predicted molar refractivity (Wildman–Crippen MR) is 38.3 cm³/mol. The molecule has 0 aliphatic carbocycles. The van der Waals surface area contributed by atoms with Gasteiger partial charge in [-0.3, -0.25) is 4.21 Å². The molecular weight excluding hydrogens is 190 g/mol. The molecule has 0 aromatic heterocycles. The second-order valence-corrected chi connectivity index (χ2v) is 3.09. The van der Waals surface area contributed by atoms with Gasteiger partial charge in [-0.15, -0.1) is 0 Å². The number of benzene rings is 1. The Balaban J connectivity index is 0.00000121. The number of halogens is 1. The fraction of sp³-hybridized carbons (Fsp3) is 0.143. The first kappa shape index (κ1) is 12.3. The number of hydrogen-bond donors (Lipinski definition) is 0. The molecule has 12 heavy (non-hydrogen) atoms. The van der Waals surface area contributed by atoms with Crippen molar-refractivity contribution in [2.75, 3.05) is 0 Å². The fourth-order valence-electron chi connectivity index (χ4n) is 0.677. The molecule has 0 saturated carbocycles. The summed E-state index contributed by atoms with van der Waals surface area (Å²) >= 11 is -2.34. The van der Waals surface area contributed by atoms with Gasteiger partial charge in [-0.2, -0.15) is 0 Å². The van der Waals surface area contributed by atoms with E-state index in [0.29, 0.717) is 5.56 Å². The topological polar surface area (TPSA) is 40.1 Å². The standard InChI is InChI=1S/C7H7FO2S.Na/c1-5-2-3-6(11(9)10)4-7(5)8;/h2-4H,1H3,(H,9,10);/q;+1/p-1. The summed E-state index contributed by atoms with van der Waals surface area (Å²) in [5.41, 5.74) is 0.444. The van der Waals surface area contributed by atoms with Crippen LogP contribution in [0.1, 0.15) is 5.56 Å². The van der Waals surface area contributed by atoms with Crippen molar-refractivity contribution >= 4 is 11.1 Å². The molecule has 60 valence electrons. The Morgan fingerprint density at radius 3 is 2.50 bits per heavy atom. The van der Waals surface area contributed by atoms with Crippen LogP contribution in [0.15, 0.2) is 23.1 Å². The molecular formula is C7H6FNaO2S. The quantitative estimate of drug-likeness (QED) is 0.400. The summed E-state index contributed by atoms with van der Waals surface area (Å²) < 4.78 is 33.3. The Bertz CT molecular complexity index is 303. The Hall–Kier alpha value is 0.260. The molecule has 0 bridgehead atoms. The summed E-state index contributed by atoms with van der Waals surface area (Å²) in [7, 11) is 0. The van der Waals surface area contributed by atoms with Crippen molar-refractivity contribution in [3.63, 3.8) is 0 Å². The molecule has 0 amide bonds. The first-order chi connectivity index (χ1) is 5.11. The van der Waals surface area contributed by atoms with Crippen LogP contribution in [-0.2, 0) is 11.1 Å². The van der Waals surface area contributed by atoms with Crippen LogP contribution in [0.3, 0.4) is 0 Å². The van der Waals surface area contributed by atoms with Crippen molar-refractivity contribution in [1.82, 2.24) is 0 Å². The summed E-state index contributed by atoms with van der Waals surface area (Å²) in [6.07, 6.45) is 0. The van der Waals surface area contributed by atoms with E-state index in [1.807, 2.05) is 0 Å². The minimum Gasteiger partial charge on any atom is -0.768 e. The molecule has 0 heterocycles. The van der Waals surface area contributed by atoms with E-state index >= 15 is 0 Å². The molecule has 0 radical (unpaired) electrons. The zero-order valence-corrected chi connectivity index (χ0v) is 9.65. The molecule has 0 N–H and O–H groups in total. The van der Waals surface area contributed by atoms with Crippen molar-refractivity contribution in [2.24, 2.45) is 0 Å². The normalized spacial score (nSPS) is 11.9. The Morgan fingerprint density at radius 2 is 2.08 bits per heavy atom. The van der Waals surface area contributed by atoms with Gasteiger partial charge < -0.3 is 4.55 Å². The van der Waals surface area contributed by atoms with Crippen LogP contribution in [0.2, 0.25) is 0 Å². The van der Waals surface area contributed by atoms with E-state index in [1.54, 1.807) is 6.92 Å². The number of hydrogen-bond acceptors (Lipinski definition) is 2. The Kier molecular flexibility index (Phi) is 5.20. The average Bonchev–Trinajstić information content (AvgIpc) is 1.94. The maximum absolute atomic E-state index is 12.7. The smallest absolute Gasteiger partial charge is 0.768 e. The molecule has 0 saturated heterocycles. The van der Waals surface area contributed by atoms with Gasteiger partial charge in [0.05, 0.1) is 0 Å². The molecule has 0 fully saturated rings. The molecule has 0 spiro atoms. The van der Waals surface area contributed by atoms with Gasteiger partial charge in [0, 0.05) is 4.90 Å². The molecule has 2 nitrogen and oxygen atoms in total. The van der Waals surface area contributed by atoms with Gasteiger partial charge in [0.2, 0.25) is 0 Å². The van der Waals surface area contributed by atoms with Crippen LogP contribution in [0.4, 0.5) is 4.39 Å². The largest absolute Gasteiger partial charge is 1.00 e. The molecule has 1 atom stereocenters. The molecule has 1 unspecified atom stereocenters. The summed E-state index contributed by atoms with van der Waals surface area (Å²) in [4.78, 5) is -0.0203. The van der Waals surface area contributed by atoms with E-state index in [2.05, 4.69) is 0 Å². The predicted octanol–water partition coefficient (Wildman–Crippen LogP) is -1.62. The zero-order chi connectivity index (χ0) is 8.43. The number of aryl methyl sites for hydroxylation is 1. The van der Waals surface area contributed by atoms with Gasteiger partial charge in [-0.25, -0.2) is 4.39 Å². The second-order valence-electron chi connectivity index (χ2n) is 2.15. The van der Waals surface area contributed by atoms with Gasteiger partial charge in [-0.05, 0) is 35.7 Å². The average molecular weight is 196 g/mol. The van der Waals surface area contributed by atoms with Gasteiger partial charge >= 0.3 is 29.6 Å². The van der Waals surface area contributed by atoms with Crippen molar-refractivity contribution in [3.8, 4) is 0 Å². The molecule has 1 rings (SSSR count). The van der Waals surface area contributed by atoms with Gasteiger partial charge in [0.15, 0.2) is 0 Å². The minimum atomic E-state index is -2.34. The van der Waals surface area contributed by atoms with Crippen LogP contribution >= 0.6 is 0 Å². The third-order valence-electron chi connectivity index (χ3n) is 1.34. The van der Waals surface area contributed by atoms with Crippen LogP contribution in [-0.4, -0.2) is 8.76 Å². The molecule has 0 aliphatic rings. The maximum atomic E-state index is 12.7. The van der Waals surface area contributed by atoms with Gasteiger partial charge in [0.25, 0.3) is 0 Å². The number of rotatable bonds is 1. The monoisotopic (exact) mass is 196 g/mol. The van der Waals surface area contributed by atoms with E-state index < -0.39 is 16.9 Å². The van der Waals surface area contributed by atoms with Crippen molar-refractivity contribution < 1.29 is 42.7 Å². The maximum Gasteiger partial charge on any atom is 1.00 e. The summed E-state index contributed by atoms with van der Waals surface area (Å²) in [6.45, 7) is 1.58. The van der Waals surface area contributed by atoms with Crippen LogP contribution in [0.5, 0.6) is 0 Å². The van der Waals surface area contributed by atoms with E-state index in [1.165, 1.54) is 12.1 Å².